The first-order valence-electron chi connectivity index (χ1n) is 13.5. The number of fused-ring (bicyclic) bond motifs is 1. The number of hydrogen-bond donors (Lipinski definition) is 2. The van der Waals surface area contributed by atoms with Gasteiger partial charge in [-0.05, 0) is 73.7 Å². The van der Waals surface area contributed by atoms with Crippen LogP contribution >= 0.6 is 0 Å². The van der Waals surface area contributed by atoms with E-state index >= 15 is 0 Å². The van der Waals surface area contributed by atoms with Crippen molar-refractivity contribution in [3.05, 3.63) is 23.8 Å². The Morgan fingerprint density at radius 3 is 2.33 bits per heavy atom. The lowest BCUT2D eigenvalue weighted by Gasteiger charge is -2.38. The number of aliphatic carboxylic acids is 1. The maximum atomic E-state index is 9.98. The monoisotopic (exact) mass is 462 g/mol. The average Bonchev–Trinajstić information content (AvgIpc) is 2.75. The Balaban J connectivity index is 0.000000267. The van der Waals surface area contributed by atoms with Gasteiger partial charge < -0.3 is 15.0 Å². The van der Waals surface area contributed by atoms with Crippen molar-refractivity contribution in [1.29, 1.82) is 0 Å². The zero-order valence-electron chi connectivity index (χ0n) is 21.8. The molecule has 0 spiro atoms. The molecule has 0 saturated heterocycles. The van der Waals surface area contributed by atoms with Gasteiger partial charge in [0.1, 0.15) is 6.29 Å². The number of aliphatic hydroxyl groups excluding tert-OH is 1. The molecule has 3 aliphatic carbocycles. The topological polar surface area (TPSA) is 74.6 Å². The zero-order valence-corrected chi connectivity index (χ0v) is 21.8. The standard InChI is InChI=1S/C15H24.C9H16O2.C5H10O2/c1-4-5-14-12(3)7-8-13-10-11(2)6-9-15(13)14;10-7-6-9(11)5-4-8-2-1-3-8;1-3-4(2)5(6)7/h7-8,10-12,14-15H,4-6,9H2,1-3H3;7-9,11H,1-6H2;4H,3H2,1-2H3,(H,6,7)/t11-,12?,14?,15?;9-;/m11./s1. The van der Waals surface area contributed by atoms with Crippen LogP contribution in [0.15, 0.2) is 23.8 Å². The quantitative estimate of drug-likeness (QED) is 0.355. The highest BCUT2D eigenvalue weighted by atomic mass is 16.4. The van der Waals surface area contributed by atoms with Crippen molar-refractivity contribution in [3.8, 4) is 0 Å². The highest BCUT2D eigenvalue weighted by Gasteiger charge is 2.32. The minimum absolute atomic E-state index is 0.181. The second-order valence-electron chi connectivity index (χ2n) is 10.6. The number of carbonyl (C=O) groups excluding carboxylic acids is 1. The predicted molar refractivity (Wildman–Crippen MR) is 137 cm³/mol. The first kappa shape index (κ1) is 29.6. The number of carbonyl (C=O) groups is 2. The first-order valence-corrected chi connectivity index (χ1v) is 13.5. The van der Waals surface area contributed by atoms with E-state index in [2.05, 4.69) is 39.0 Å². The number of carboxylic acids is 1. The SMILES string of the molecule is CCC(C)C(=O)O.CCCC1C(C)C=CC2=C[C@H](C)CCC21.O=CC[C@H](O)CCC1CCC1. The van der Waals surface area contributed by atoms with Crippen LogP contribution in [0.4, 0.5) is 0 Å². The van der Waals surface area contributed by atoms with Gasteiger partial charge in [0.05, 0.1) is 12.0 Å². The van der Waals surface area contributed by atoms with Crippen molar-refractivity contribution < 1.29 is 19.8 Å². The molecule has 0 aliphatic heterocycles. The third-order valence-corrected chi connectivity index (χ3v) is 7.78. The van der Waals surface area contributed by atoms with Crippen molar-refractivity contribution >= 4 is 12.3 Å². The summed E-state index contributed by atoms with van der Waals surface area (Å²) in [6.45, 7) is 10.6. The summed E-state index contributed by atoms with van der Waals surface area (Å²) in [4.78, 5) is 19.9. The number of carboxylic acid groups (broad SMARTS) is 1. The Bertz CT molecular complexity index is 619. The van der Waals surface area contributed by atoms with Crippen LogP contribution in [0.3, 0.4) is 0 Å². The predicted octanol–water partition coefficient (Wildman–Crippen LogP) is 7.21. The fourth-order valence-corrected chi connectivity index (χ4v) is 4.97. The van der Waals surface area contributed by atoms with Crippen LogP contribution in [0, 0.1) is 35.5 Å². The molecule has 0 bridgehead atoms. The maximum Gasteiger partial charge on any atom is 0.306 e. The zero-order chi connectivity index (χ0) is 24.8. The molecule has 4 unspecified atom stereocenters. The maximum absolute atomic E-state index is 9.98. The van der Waals surface area contributed by atoms with E-state index in [1.165, 1.54) is 44.9 Å². The van der Waals surface area contributed by atoms with Crippen molar-refractivity contribution in [2.75, 3.05) is 0 Å². The molecular weight excluding hydrogens is 412 g/mol. The third-order valence-electron chi connectivity index (χ3n) is 7.78. The van der Waals surface area contributed by atoms with Gasteiger partial charge in [0.15, 0.2) is 0 Å². The Morgan fingerprint density at radius 2 is 1.85 bits per heavy atom. The molecule has 3 rings (SSSR count). The fraction of sp³-hybridized carbons (Fsp3) is 0.793. The van der Waals surface area contributed by atoms with Crippen molar-refractivity contribution in [1.82, 2.24) is 0 Å². The lowest BCUT2D eigenvalue weighted by Crippen LogP contribution is -2.28. The van der Waals surface area contributed by atoms with Gasteiger partial charge >= 0.3 is 5.97 Å². The summed E-state index contributed by atoms with van der Waals surface area (Å²) in [5, 5.41) is 17.4. The molecule has 4 heteroatoms. The van der Waals surface area contributed by atoms with Gasteiger partial charge in [-0.15, -0.1) is 0 Å². The van der Waals surface area contributed by atoms with E-state index in [-0.39, 0.29) is 12.0 Å². The van der Waals surface area contributed by atoms with Crippen molar-refractivity contribution in [3.63, 3.8) is 0 Å². The van der Waals surface area contributed by atoms with Crippen molar-refractivity contribution in [2.45, 2.75) is 111 Å². The van der Waals surface area contributed by atoms with Gasteiger partial charge in [-0.3, -0.25) is 4.79 Å². The molecule has 0 heterocycles. The highest BCUT2D eigenvalue weighted by molar-refractivity contribution is 5.69. The molecule has 0 aromatic heterocycles. The van der Waals surface area contributed by atoms with E-state index in [4.69, 9.17) is 5.11 Å². The minimum Gasteiger partial charge on any atom is -0.481 e. The largest absolute Gasteiger partial charge is 0.481 e. The number of rotatable bonds is 9. The lowest BCUT2D eigenvalue weighted by molar-refractivity contribution is -0.141. The molecular formula is C29H50O4. The second-order valence-corrected chi connectivity index (χ2v) is 10.6. The van der Waals surface area contributed by atoms with Gasteiger partial charge in [-0.2, -0.15) is 0 Å². The van der Waals surface area contributed by atoms with Crippen LogP contribution in [0.1, 0.15) is 105 Å². The summed E-state index contributed by atoms with van der Waals surface area (Å²) in [6, 6.07) is 0. The van der Waals surface area contributed by atoms with E-state index < -0.39 is 5.97 Å². The Kier molecular flexibility index (Phi) is 14.6. The second kappa shape index (κ2) is 16.2. The summed E-state index contributed by atoms with van der Waals surface area (Å²) >= 11 is 0. The van der Waals surface area contributed by atoms with E-state index in [0.717, 1.165) is 55.1 Å². The molecule has 2 N–H and O–H groups in total. The van der Waals surface area contributed by atoms with Gasteiger partial charge in [0, 0.05) is 6.42 Å². The molecule has 33 heavy (non-hydrogen) atoms. The molecule has 0 aromatic carbocycles. The lowest BCUT2D eigenvalue weighted by atomic mass is 9.67. The van der Waals surface area contributed by atoms with Crippen LogP contribution < -0.4 is 0 Å². The van der Waals surface area contributed by atoms with Crippen LogP contribution in [-0.4, -0.2) is 28.6 Å². The van der Waals surface area contributed by atoms with Gasteiger partial charge in [0.25, 0.3) is 0 Å². The Hall–Kier alpha value is -1.42. The molecule has 4 nitrogen and oxygen atoms in total. The van der Waals surface area contributed by atoms with Crippen LogP contribution in [0.25, 0.3) is 0 Å². The van der Waals surface area contributed by atoms with Gasteiger partial charge in [0.2, 0.25) is 0 Å². The number of allylic oxidation sites excluding steroid dienone is 4. The average molecular weight is 463 g/mol. The molecule has 6 atom stereocenters. The van der Waals surface area contributed by atoms with E-state index in [9.17, 15) is 14.7 Å². The first-order chi connectivity index (χ1) is 15.7. The van der Waals surface area contributed by atoms with E-state index in [1.807, 2.05) is 6.92 Å². The molecule has 3 aliphatic rings. The summed E-state index contributed by atoms with van der Waals surface area (Å²) in [7, 11) is 0. The number of aldehydes is 1. The smallest absolute Gasteiger partial charge is 0.306 e. The van der Waals surface area contributed by atoms with Crippen LogP contribution in [0.5, 0.6) is 0 Å². The Morgan fingerprint density at radius 1 is 1.15 bits per heavy atom. The van der Waals surface area contributed by atoms with E-state index in [0.29, 0.717) is 6.42 Å². The summed E-state index contributed by atoms with van der Waals surface area (Å²) in [6.07, 6.45) is 20.3. The normalized spacial score (nSPS) is 27.9. The summed E-state index contributed by atoms with van der Waals surface area (Å²) in [5.41, 5.74) is 1.64. The third kappa shape index (κ3) is 11.0. The van der Waals surface area contributed by atoms with Crippen LogP contribution in [-0.2, 0) is 9.59 Å². The number of hydrogen-bond acceptors (Lipinski definition) is 3. The molecule has 190 valence electrons. The van der Waals surface area contributed by atoms with E-state index in [1.54, 1.807) is 12.5 Å². The molecule has 0 aromatic rings. The van der Waals surface area contributed by atoms with Gasteiger partial charge in [-0.1, -0.05) is 78.5 Å². The summed E-state index contributed by atoms with van der Waals surface area (Å²) in [5.74, 6) is 3.34. The van der Waals surface area contributed by atoms with Crippen LogP contribution in [0.2, 0.25) is 0 Å². The van der Waals surface area contributed by atoms with Crippen molar-refractivity contribution in [2.24, 2.45) is 35.5 Å². The fourth-order valence-electron chi connectivity index (χ4n) is 4.97. The van der Waals surface area contributed by atoms with Gasteiger partial charge in [-0.25, -0.2) is 0 Å². The minimum atomic E-state index is -0.706. The molecule has 0 radical (unpaired) electrons. The number of aliphatic hydroxyl groups is 1. The Labute approximate surface area is 202 Å². The molecule has 1 saturated carbocycles. The molecule has 0 amide bonds. The highest BCUT2D eigenvalue weighted by Crippen LogP contribution is 2.43. The molecule has 1 fully saturated rings. The summed E-state index contributed by atoms with van der Waals surface area (Å²) < 4.78 is 0.